The Morgan fingerprint density at radius 1 is 1.60 bits per heavy atom. The first-order valence-corrected chi connectivity index (χ1v) is 4.84. The molecule has 0 bridgehead atoms. The van der Waals surface area contributed by atoms with E-state index in [1.165, 1.54) is 13.2 Å². The Morgan fingerprint density at radius 3 is 2.67 bits per heavy atom. The summed E-state index contributed by atoms with van der Waals surface area (Å²) in [5.74, 6) is 0.116. The molecule has 1 rings (SSSR count). The number of methoxy groups -OCH3 is 1. The van der Waals surface area contributed by atoms with Crippen LogP contribution in [-0.2, 0) is 0 Å². The van der Waals surface area contributed by atoms with Crippen molar-refractivity contribution in [1.82, 2.24) is 0 Å². The predicted octanol–water partition coefficient (Wildman–Crippen LogP) is 1.35. The number of aliphatic hydroxyl groups is 1. The van der Waals surface area contributed by atoms with Crippen LogP contribution in [0.3, 0.4) is 0 Å². The van der Waals surface area contributed by atoms with E-state index < -0.39 is 6.10 Å². The molecule has 0 aromatic heterocycles. The minimum Gasteiger partial charge on any atom is -0.504 e. The van der Waals surface area contributed by atoms with Crippen LogP contribution in [0.4, 0.5) is 0 Å². The first kappa shape index (κ1) is 12.1. The monoisotopic (exact) mass is 231 g/mol. The van der Waals surface area contributed by atoms with E-state index in [1.54, 1.807) is 6.92 Å². The topological polar surface area (TPSA) is 75.7 Å². The highest BCUT2D eigenvalue weighted by Gasteiger charge is 2.20. The maximum atomic E-state index is 9.70. The minimum atomic E-state index is -0.899. The molecule has 5 heteroatoms. The first-order valence-electron chi connectivity index (χ1n) is 4.47. The molecule has 15 heavy (non-hydrogen) atoms. The van der Waals surface area contributed by atoms with Gasteiger partial charge in [0.2, 0.25) is 0 Å². The zero-order valence-electron chi connectivity index (χ0n) is 8.62. The summed E-state index contributed by atoms with van der Waals surface area (Å²) in [5, 5.41) is 19.6. The molecule has 0 aliphatic heterocycles. The normalized spacial score (nSPS) is 12.6. The molecule has 0 amide bonds. The highest BCUT2D eigenvalue weighted by atomic mass is 35.5. The van der Waals surface area contributed by atoms with Gasteiger partial charge in [-0.05, 0) is 12.5 Å². The quantitative estimate of drug-likeness (QED) is 0.734. The van der Waals surface area contributed by atoms with E-state index in [0.29, 0.717) is 16.1 Å². The lowest BCUT2D eigenvalue weighted by Gasteiger charge is -2.18. The van der Waals surface area contributed by atoms with Crippen LogP contribution < -0.4 is 10.5 Å². The Labute approximate surface area is 93.2 Å². The molecule has 0 fully saturated rings. The minimum absolute atomic E-state index is 0.0387. The van der Waals surface area contributed by atoms with Gasteiger partial charge in [0, 0.05) is 23.2 Å². The van der Waals surface area contributed by atoms with Gasteiger partial charge in [-0.2, -0.15) is 0 Å². The summed E-state index contributed by atoms with van der Waals surface area (Å²) in [6.07, 6.45) is -0.899. The molecule has 0 saturated carbocycles. The lowest BCUT2D eigenvalue weighted by atomic mass is 10.0. The Morgan fingerprint density at radius 2 is 2.20 bits per heavy atom. The smallest absolute Gasteiger partial charge is 0.166 e. The zero-order valence-corrected chi connectivity index (χ0v) is 9.38. The van der Waals surface area contributed by atoms with Gasteiger partial charge in [-0.3, -0.25) is 0 Å². The SMILES string of the molecule is COc1c(O)cc(Cl)c(C)c1C(O)CN. The number of phenolic OH excluding ortho intramolecular Hbond substituents is 1. The summed E-state index contributed by atoms with van der Waals surface area (Å²) in [6, 6.07) is 1.38. The summed E-state index contributed by atoms with van der Waals surface area (Å²) in [7, 11) is 1.41. The Kier molecular flexibility index (Phi) is 3.79. The van der Waals surface area contributed by atoms with Crippen LogP contribution in [0.15, 0.2) is 6.07 Å². The molecule has 0 saturated heterocycles. The van der Waals surface area contributed by atoms with Crippen molar-refractivity contribution in [2.24, 2.45) is 5.73 Å². The molecule has 1 atom stereocenters. The lowest BCUT2D eigenvalue weighted by Crippen LogP contribution is -2.14. The Bertz CT molecular complexity index is 368. The van der Waals surface area contributed by atoms with Gasteiger partial charge in [0.05, 0.1) is 13.2 Å². The van der Waals surface area contributed by atoms with Crippen molar-refractivity contribution in [3.8, 4) is 11.5 Å². The average Bonchev–Trinajstić information content (AvgIpc) is 2.21. The van der Waals surface area contributed by atoms with E-state index in [9.17, 15) is 10.2 Å². The second-order valence-electron chi connectivity index (χ2n) is 3.20. The van der Waals surface area contributed by atoms with Crippen LogP contribution in [0.2, 0.25) is 5.02 Å². The molecule has 1 aromatic carbocycles. The molecule has 0 aliphatic rings. The third-order valence-corrected chi connectivity index (χ3v) is 2.66. The van der Waals surface area contributed by atoms with Gasteiger partial charge < -0.3 is 20.7 Å². The number of halogens is 1. The number of benzene rings is 1. The van der Waals surface area contributed by atoms with Crippen LogP contribution in [0, 0.1) is 6.92 Å². The standard InChI is InChI=1S/C10H14ClNO3/c1-5-6(11)3-7(13)10(15-2)9(5)8(14)4-12/h3,8,13-14H,4,12H2,1-2H3. The van der Waals surface area contributed by atoms with Crippen molar-refractivity contribution in [2.75, 3.05) is 13.7 Å². The van der Waals surface area contributed by atoms with Crippen LogP contribution in [0.1, 0.15) is 17.2 Å². The van der Waals surface area contributed by atoms with Crippen molar-refractivity contribution < 1.29 is 14.9 Å². The largest absolute Gasteiger partial charge is 0.504 e. The number of aliphatic hydroxyl groups excluding tert-OH is 1. The number of ether oxygens (including phenoxy) is 1. The van der Waals surface area contributed by atoms with Crippen LogP contribution >= 0.6 is 11.6 Å². The second-order valence-corrected chi connectivity index (χ2v) is 3.61. The average molecular weight is 232 g/mol. The summed E-state index contributed by atoms with van der Waals surface area (Å²) >= 11 is 5.88. The Balaban J connectivity index is 3.43. The molecular weight excluding hydrogens is 218 g/mol. The number of rotatable bonds is 3. The molecular formula is C10H14ClNO3. The van der Waals surface area contributed by atoms with Crippen molar-refractivity contribution in [1.29, 1.82) is 0 Å². The molecule has 0 aliphatic carbocycles. The maximum Gasteiger partial charge on any atom is 0.166 e. The highest BCUT2D eigenvalue weighted by Crippen LogP contribution is 2.39. The highest BCUT2D eigenvalue weighted by molar-refractivity contribution is 6.31. The zero-order chi connectivity index (χ0) is 11.6. The van der Waals surface area contributed by atoms with Gasteiger partial charge in [-0.15, -0.1) is 0 Å². The van der Waals surface area contributed by atoms with E-state index in [0.717, 1.165) is 0 Å². The third kappa shape index (κ3) is 2.17. The maximum absolute atomic E-state index is 9.70. The van der Waals surface area contributed by atoms with Gasteiger partial charge >= 0.3 is 0 Å². The molecule has 4 N–H and O–H groups in total. The van der Waals surface area contributed by atoms with Gasteiger partial charge in [0.25, 0.3) is 0 Å². The van der Waals surface area contributed by atoms with E-state index in [4.69, 9.17) is 22.1 Å². The molecule has 1 aromatic rings. The van der Waals surface area contributed by atoms with E-state index in [-0.39, 0.29) is 18.0 Å². The second kappa shape index (κ2) is 4.70. The number of aromatic hydroxyl groups is 1. The lowest BCUT2D eigenvalue weighted by molar-refractivity contribution is 0.180. The van der Waals surface area contributed by atoms with Gasteiger partial charge in [-0.1, -0.05) is 11.6 Å². The summed E-state index contributed by atoms with van der Waals surface area (Å²) < 4.78 is 5.01. The fourth-order valence-corrected chi connectivity index (χ4v) is 1.67. The Hall–Kier alpha value is -0.970. The molecule has 0 spiro atoms. The molecule has 4 nitrogen and oxygen atoms in total. The fourth-order valence-electron chi connectivity index (χ4n) is 1.46. The van der Waals surface area contributed by atoms with E-state index >= 15 is 0 Å². The fraction of sp³-hybridized carbons (Fsp3) is 0.400. The number of phenols is 1. The predicted molar refractivity (Wildman–Crippen MR) is 58.4 cm³/mol. The van der Waals surface area contributed by atoms with Gasteiger partial charge in [0.1, 0.15) is 0 Å². The van der Waals surface area contributed by atoms with Gasteiger partial charge in [0.15, 0.2) is 11.5 Å². The van der Waals surface area contributed by atoms with Crippen LogP contribution in [0.5, 0.6) is 11.5 Å². The molecule has 84 valence electrons. The number of hydrogen-bond donors (Lipinski definition) is 3. The summed E-state index contributed by atoms with van der Waals surface area (Å²) in [4.78, 5) is 0. The van der Waals surface area contributed by atoms with Crippen molar-refractivity contribution in [3.63, 3.8) is 0 Å². The van der Waals surface area contributed by atoms with E-state index in [2.05, 4.69) is 0 Å². The van der Waals surface area contributed by atoms with Crippen LogP contribution in [0.25, 0.3) is 0 Å². The van der Waals surface area contributed by atoms with Gasteiger partial charge in [-0.25, -0.2) is 0 Å². The van der Waals surface area contributed by atoms with Crippen LogP contribution in [-0.4, -0.2) is 23.9 Å². The van der Waals surface area contributed by atoms with E-state index in [1.807, 2.05) is 0 Å². The summed E-state index contributed by atoms with van der Waals surface area (Å²) in [6.45, 7) is 1.77. The molecule has 1 unspecified atom stereocenters. The number of hydrogen-bond acceptors (Lipinski definition) is 4. The van der Waals surface area contributed by atoms with Crippen molar-refractivity contribution in [3.05, 3.63) is 22.2 Å². The van der Waals surface area contributed by atoms with Crippen molar-refractivity contribution >= 4 is 11.6 Å². The molecule has 0 heterocycles. The first-order chi connectivity index (χ1) is 7.02. The van der Waals surface area contributed by atoms with Crippen molar-refractivity contribution in [2.45, 2.75) is 13.0 Å². The number of nitrogens with two attached hydrogens (primary N) is 1. The summed E-state index contributed by atoms with van der Waals surface area (Å²) in [5.41, 5.74) is 6.46. The third-order valence-electron chi connectivity index (χ3n) is 2.26. The molecule has 0 radical (unpaired) electrons.